The van der Waals surface area contributed by atoms with Crippen LogP contribution in [-0.4, -0.2) is 55.9 Å². The van der Waals surface area contributed by atoms with Crippen molar-refractivity contribution in [3.8, 4) is 22.9 Å². The van der Waals surface area contributed by atoms with Crippen LogP contribution in [0.2, 0.25) is 0 Å². The van der Waals surface area contributed by atoms with Crippen LogP contribution in [-0.2, 0) is 13.2 Å². The number of nitrogens with zero attached hydrogens (tertiary/aromatic N) is 3. The number of aromatic nitrogens is 1. The molecular formula is C40H40BrF2N3O5. The molecule has 8 nitrogen and oxygen atoms in total. The zero-order chi connectivity index (χ0) is 35.0. The quantitative estimate of drug-likeness (QED) is 0.199. The third-order valence-electron chi connectivity index (χ3n) is 10.4. The van der Waals surface area contributed by atoms with E-state index in [4.69, 9.17) is 14.2 Å². The Kier molecular flexibility index (Phi) is 10.5. The van der Waals surface area contributed by atoms with Gasteiger partial charge in [-0.3, -0.25) is 9.59 Å². The largest absolute Gasteiger partial charge is 1.00 e. The average Bonchev–Trinajstić information content (AvgIpc) is 3.14. The smallest absolute Gasteiger partial charge is 0.263 e. The van der Waals surface area contributed by atoms with Gasteiger partial charge in [0.05, 0.1) is 45.1 Å². The lowest BCUT2D eigenvalue weighted by Crippen LogP contribution is -3.00. The van der Waals surface area contributed by atoms with E-state index in [1.165, 1.54) is 64.8 Å². The van der Waals surface area contributed by atoms with Crippen molar-refractivity contribution in [1.82, 2.24) is 4.57 Å². The van der Waals surface area contributed by atoms with Crippen LogP contribution in [0, 0.1) is 17.6 Å². The van der Waals surface area contributed by atoms with Crippen molar-refractivity contribution >= 4 is 22.5 Å². The van der Waals surface area contributed by atoms with Gasteiger partial charge in [-0.1, -0.05) is 24.3 Å². The van der Waals surface area contributed by atoms with E-state index in [1.807, 2.05) is 12.1 Å². The fourth-order valence-electron chi connectivity index (χ4n) is 7.48. The van der Waals surface area contributed by atoms with E-state index in [9.17, 15) is 18.4 Å². The summed E-state index contributed by atoms with van der Waals surface area (Å²) in [6.07, 6.45) is 5.36. The van der Waals surface area contributed by atoms with Crippen LogP contribution in [0.1, 0.15) is 40.7 Å². The van der Waals surface area contributed by atoms with Gasteiger partial charge in [-0.2, -0.15) is 0 Å². The van der Waals surface area contributed by atoms with Gasteiger partial charge in [0, 0.05) is 60.2 Å². The molecule has 266 valence electrons. The minimum Gasteiger partial charge on any atom is -1.00 e. The number of piperidine rings is 3. The van der Waals surface area contributed by atoms with E-state index < -0.39 is 23.0 Å². The number of ether oxygens (including phenoxy) is 3. The Bertz CT molecular complexity index is 2110. The normalized spacial score (nSPS) is 17.9. The summed E-state index contributed by atoms with van der Waals surface area (Å²) >= 11 is 0. The Morgan fingerprint density at radius 1 is 0.843 bits per heavy atom. The molecule has 0 atom stereocenters. The number of fused-ring (bicyclic) bond motifs is 4. The minimum absolute atomic E-state index is 0. The Balaban J connectivity index is 0.00000448. The summed E-state index contributed by atoms with van der Waals surface area (Å²) in [6, 6.07) is 21.6. The van der Waals surface area contributed by atoms with Crippen molar-refractivity contribution < 1.29 is 49.3 Å². The summed E-state index contributed by atoms with van der Waals surface area (Å²) in [5.41, 5.74) is 2.71. The average molecular weight is 761 g/mol. The van der Waals surface area contributed by atoms with Gasteiger partial charge in [0.15, 0.2) is 0 Å². The van der Waals surface area contributed by atoms with Crippen molar-refractivity contribution in [2.24, 2.45) is 5.92 Å². The Labute approximate surface area is 306 Å². The lowest BCUT2D eigenvalue weighted by molar-refractivity contribution is -0.955. The molecule has 3 saturated heterocycles. The van der Waals surface area contributed by atoms with Gasteiger partial charge in [-0.25, -0.2) is 8.78 Å². The Hall–Kier alpha value is -4.74. The van der Waals surface area contributed by atoms with Gasteiger partial charge in [-0.05, 0) is 55.0 Å². The highest BCUT2D eigenvalue weighted by molar-refractivity contribution is 6.07. The molecule has 0 saturated carbocycles. The van der Waals surface area contributed by atoms with Crippen molar-refractivity contribution in [2.45, 2.75) is 32.4 Å². The Morgan fingerprint density at radius 2 is 1.49 bits per heavy atom. The third kappa shape index (κ3) is 7.36. The second-order valence-electron chi connectivity index (χ2n) is 13.4. The molecule has 3 fully saturated rings. The maximum atomic E-state index is 14.1. The number of quaternary nitrogens is 1. The van der Waals surface area contributed by atoms with Crippen LogP contribution < -0.4 is 41.5 Å². The molecule has 51 heavy (non-hydrogen) atoms. The maximum Gasteiger partial charge on any atom is 0.263 e. The molecule has 2 bridgehead atoms. The number of benzene rings is 4. The minimum atomic E-state index is -0.839. The second-order valence-corrected chi connectivity index (χ2v) is 13.4. The lowest BCUT2D eigenvalue weighted by atomic mass is 9.85. The maximum absolute atomic E-state index is 14.1. The molecule has 11 heteroatoms. The summed E-state index contributed by atoms with van der Waals surface area (Å²) < 4.78 is 48.6. The van der Waals surface area contributed by atoms with Crippen LogP contribution in [0.4, 0.5) is 14.5 Å². The number of carbonyl (C=O) groups excluding carboxylic acids is 1. The molecule has 0 unspecified atom stereocenters. The Morgan fingerprint density at radius 3 is 2.16 bits per heavy atom. The molecule has 0 aliphatic carbocycles. The van der Waals surface area contributed by atoms with Crippen LogP contribution in [0.25, 0.3) is 16.6 Å². The molecule has 0 radical (unpaired) electrons. The first-order chi connectivity index (χ1) is 24.1. The molecule has 8 rings (SSSR count). The SMILES string of the molecule is COc1cc(OCc2ccccc2C[N+]23CCC(CC2)CC3)cc(-n2cc(C(=O)N(C)c3cc(F)cc(F)c3)c(=O)c3ccc(OC)cc32)c1.[Br-]. The fourth-order valence-corrected chi connectivity index (χ4v) is 7.48. The van der Waals surface area contributed by atoms with Gasteiger partial charge in [-0.15, -0.1) is 0 Å². The van der Waals surface area contributed by atoms with Crippen LogP contribution in [0.15, 0.2) is 89.9 Å². The molecule has 0 N–H and O–H groups in total. The van der Waals surface area contributed by atoms with Gasteiger partial charge in [0.25, 0.3) is 5.91 Å². The molecule has 5 aromatic rings. The number of pyridine rings is 1. The summed E-state index contributed by atoms with van der Waals surface area (Å²) in [4.78, 5) is 28.6. The number of halogens is 3. The van der Waals surface area contributed by atoms with E-state index >= 15 is 0 Å². The topological polar surface area (TPSA) is 70.0 Å². The molecule has 3 aliphatic heterocycles. The zero-order valence-electron chi connectivity index (χ0n) is 28.8. The van der Waals surface area contributed by atoms with Crippen LogP contribution in [0.3, 0.4) is 0 Å². The summed E-state index contributed by atoms with van der Waals surface area (Å²) in [5.74, 6) is 0.0439. The van der Waals surface area contributed by atoms with Crippen molar-refractivity contribution in [3.63, 3.8) is 0 Å². The molecule has 4 heterocycles. The summed E-state index contributed by atoms with van der Waals surface area (Å²) in [6.45, 7) is 5.04. The van der Waals surface area contributed by atoms with Gasteiger partial charge < -0.3 is 45.1 Å². The number of hydrogen-bond acceptors (Lipinski definition) is 5. The first kappa shape index (κ1) is 36.1. The first-order valence-corrected chi connectivity index (χ1v) is 16.9. The standard InChI is InChI=1S/C40H40F2N3O5.BrH/c1-43(31-17-29(41)16-30(42)18-31)40(47)37-23-44(38-22-33(48-2)8-9-36(38)39(37)46)32-19-34(49-3)21-35(20-32)50-25-28-7-5-4-6-27(28)24-45-13-10-26(11-14-45)12-15-45;/h4-9,16-23,26H,10-15,24-25H2,1-3H3;1H/q+1;/p-1. The third-order valence-corrected chi connectivity index (χ3v) is 10.4. The summed E-state index contributed by atoms with van der Waals surface area (Å²) in [5, 5.41) is 0.254. The van der Waals surface area contributed by atoms with E-state index in [0.717, 1.165) is 45.6 Å². The van der Waals surface area contributed by atoms with E-state index in [1.54, 1.807) is 42.0 Å². The molecule has 0 spiro atoms. The highest BCUT2D eigenvalue weighted by Gasteiger charge is 2.39. The number of methoxy groups -OCH3 is 2. The summed E-state index contributed by atoms with van der Waals surface area (Å²) in [7, 11) is 4.45. The van der Waals surface area contributed by atoms with Crippen molar-refractivity contribution in [1.29, 1.82) is 0 Å². The number of carbonyl (C=O) groups is 1. The highest BCUT2D eigenvalue weighted by atomic mass is 79.9. The molecule has 1 aromatic heterocycles. The molecular weight excluding hydrogens is 720 g/mol. The predicted molar refractivity (Wildman–Crippen MR) is 188 cm³/mol. The lowest BCUT2D eigenvalue weighted by Gasteiger charge is -2.49. The predicted octanol–water partition coefficient (Wildman–Crippen LogP) is 4.28. The van der Waals surface area contributed by atoms with E-state index in [-0.39, 0.29) is 33.6 Å². The molecule has 1 amide bonds. The van der Waals surface area contributed by atoms with Crippen molar-refractivity contribution in [3.05, 3.63) is 124 Å². The first-order valence-electron chi connectivity index (χ1n) is 16.9. The number of amides is 1. The second kappa shape index (κ2) is 14.9. The van der Waals surface area contributed by atoms with E-state index in [0.29, 0.717) is 35.1 Å². The number of anilines is 1. The van der Waals surface area contributed by atoms with Crippen LogP contribution in [0.5, 0.6) is 17.2 Å². The number of rotatable bonds is 10. The fraction of sp³-hybridized carbons (Fsp3) is 0.300. The van der Waals surface area contributed by atoms with Crippen LogP contribution >= 0.6 is 0 Å². The monoisotopic (exact) mass is 759 g/mol. The zero-order valence-corrected chi connectivity index (χ0v) is 30.4. The molecule has 3 aliphatic rings. The highest BCUT2D eigenvalue weighted by Crippen LogP contribution is 2.36. The van der Waals surface area contributed by atoms with Gasteiger partial charge in [0.2, 0.25) is 5.43 Å². The van der Waals surface area contributed by atoms with Gasteiger partial charge in [0.1, 0.15) is 47.6 Å². The number of hydrogen-bond donors (Lipinski definition) is 0. The van der Waals surface area contributed by atoms with Crippen molar-refractivity contribution in [2.75, 3.05) is 45.8 Å². The molecule has 4 aromatic carbocycles. The van der Waals surface area contributed by atoms with Gasteiger partial charge >= 0.3 is 0 Å². The van der Waals surface area contributed by atoms with E-state index in [2.05, 4.69) is 18.2 Å².